The van der Waals surface area contributed by atoms with Crippen molar-refractivity contribution in [1.29, 1.82) is 0 Å². The van der Waals surface area contributed by atoms with Crippen molar-refractivity contribution in [2.45, 2.75) is 83.5 Å². The molecule has 0 fully saturated rings. The average Bonchev–Trinajstić information content (AvgIpc) is 1.59. The summed E-state index contributed by atoms with van der Waals surface area (Å²) >= 11 is 0. The second kappa shape index (κ2) is 33.1. The maximum absolute atomic E-state index is 2.44. The van der Waals surface area contributed by atoms with Crippen molar-refractivity contribution in [1.82, 2.24) is 0 Å². The molecule has 662 valence electrons. The molecule has 0 radical (unpaired) electrons. The van der Waals surface area contributed by atoms with Gasteiger partial charge in [-0.05, 0) is 413 Å². The van der Waals surface area contributed by atoms with Crippen LogP contribution in [0.4, 0.5) is 0 Å². The van der Waals surface area contributed by atoms with Gasteiger partial charge in [-0.2, -0.15) is 0 Å². The standard InChI is InChI=1S/C21H14.6C20H14/c1-3-7-18-14(5-1)9-11-16-13-17-12-10-15-6-2-4-8-19(15)21(17)20(16)18;2*1-3-7-16-14(6-1)12-19-18(16)10-9-15-11-13-5-2-4-8-17(13)20(15)19;1-3-7-17-13(5-1)9-15-11-20-16(12-19(15)17)10-14-6-2-4-8-18(14)20;1-3-7-17-13(5-1)9-15-11-16-10-14-6-2-4-8-18(14)20(16)12-19(15)17;1-3-7-17-13(5-1)11-15-9-10-16-12-14-6-2-4-8-18(14)20(16)19(15)17;1-3-7-15-13(5-1)11-19-17(15)9-10-18-16-8-4-2-6-14(16)12-20(18)19/h1-12H,13H2;2*1-10H,11-12H2;2*1-8,11-12H,9-10H2;2*1-10H,11-12H2. The molecule has 0 aromatic heterocycles. The molecule has 0 saturated heterocycles. The van der Waals surface area contributed by atoms with Crippen LogP contribution in [0.2, 0.25) is 0 Å². The monoisotopic (exact) mass is 1790 g/mol. The molecule has 0 nitrogen and oxygen atoms in total. The van der Waals surface area contributed by atoms with E-state index in [1.807, 2.05) is 0 Å². The van der Waals surface area contributed by atoms with E-state index in [1.54, 1.807) is 11.1 Å². The fourth-order valence-corrected chi connectivity index (χ4v) is 26.7. The second-order valence-electron chi connectivity index (χ2n) is 40.7. The van der Waals surface area contributed by atoms with E-state index < -0.39 is 0 Å². The van der Waals surface area contributed by atoms with Gasteiger partial charge in [-0.15, -0.1) is 0 Å². The Morgan fingerprint density at radius 2 is 0.284 bits per heavy atom. The summed E-state index contributed by atoms with van der Waals surface area (Å²) in [4.78, 5) is 0. The molecule has 22 aromatic carbocycles. The summed E-state index contributed by atoms with van der Waals surface area (Å²) in [6, 6.07) is 161. The van der Waals surface area contributed by atoms with Crippen LogP contribution in [0, 0.1) is 0 Å². The summed E-state index contributed by atoms with van der Waals surface area (Å²) < 4.78 is 0. The van der Waals surface area contributed by atoms with Gasteiger partial charge >= 0.3 is 0 Å². The van der Waals surface area contributed by atoms with Crippen LogP contribution in [-0.2, 0) is 83.5 Å². The molecule has 0 heteroatoms. The first-order valence-electron chi connectivity index (χ1n) is 50.8. The van der Waals surface area contributed by atoms with Crippen molar-refractivity contribution in [3.63, 3.8) is 0 Å². The Kier molecular flexibility index (Phi) is 19.1. The SMILES string of the molecule is c1ccc2c(c1)Cc1c-2ccc2c1-c1ccccc1C2.c1ccc2c(c1)Cc1c-2ccc2c1-c1ccccc1C2.c1ccc2c(c1)Cc1c-2ccc2c1Cc1ccccc1-2.c1ccc2c(c1)Cc1cc3c(cc1-2)-c1ccccc1C3.c1ccc2c(c1)Cc1cc3c(cc1-2)Cc1ccccc1-3.c1ccc2c(c1)Cc1ccc3c(c1-2)-c1ccccc1C3.c1ccc2c3c(ccc2c1)Cc1ccc2ccccc2c1-3. The maximum atomic E-state index is 2.44. The van der Waals surface area contributed by atoms with Crippen molar-refractivity contribution in [2.24, 2.45) is 0 Å². The van der Waals surface area contributed by atoms with E-state index in [9.17, 15) is 0 Å². The number of benzene rings is 22. The number of hydrogen-bond donors (Lipinski definition) is 0. The lowest BCUT2D eigenvalue weighted by Crippen LogP contribution is -1.90. The molecule has 0 saturated carbocycles. The highest BCUT2D eigenvalue weighted by molar-refractivity contribution is 6.10. The van der Waals surface area contributed by atoms with E-state index in [2.05, 4.69) is 437 Å². The summed E-state index contributed by atoms with van der Waals surface area (Å²) in [6.45, 7) is 0. The van der Waals surface area contributed by atoms with Crippen molar-refractivity contribution < 1.29 is 0 Å². The van der Waals surface area contributed by atoms with Gasteiger partial charge in [0.05, 0.1) is 0 Å². The molecule has 141 heavy (non-hydrogen) atoms. The Labute approximate surface area is 825 Å². The third kappa shape index (κ3) is 13.5. The van der Waals surface area contributed by atoms with Gasteiger partial charge in [-0.3, -0.25) is 0 Å². The highest BCUT2D eigenvalue weighted by atomic mass is 14.4. The van der Waals surface area contributed by atoms with E-state index >= 15 is 0 Å². The number of fused-ring (bicyclic) bond motifs is 47. The second-order valence-corrected chi connectivity index (χ2v) is 40.7. The van der Waals surface area contributed by atoms with Crippen LogP contribution in [0.15, 0.2) is 437 Å². The molecule has 0 atom stereocenters. The molecule has 35 rings (SSSR count). The van der Waals surface area contributed by atoms with E-state index in [4.69, 9.17) is 0 Å². The van der Waals surface area contributed by atoms with E-state index in [0.717, 1.165) is 83.5 Å². The molecular formula is C141H98. The highest BCUT2D eigenvalue weighted by Crippen LogP contribution is 2.56. The minimum atomic E-state index is 1.06. The third-order valence-corrected chi connectivity index (χ3v) is 33.1. The van der Waals surface area contributed by atoms with Crippen molar-refractivity contribution in [3.05, 3.63) is 581 Å². The zero-order chi connectivity index (χ0) is 92.4. The van der Waals surface area contributed by atoms with Crippen LogP contribution >= 0.6 is 0 Å². The van der Waals surface area contributed by atoms with Crippen molar-refractivity contribution >= 4 is 21.5 Å². The number of hydrogen-bond acceptors (Lipinski definition) is 0. The average molecular weight is 1790 g/mol. The Bertz CT molecular complexity index is 8530. The summed E-state index contributed by atoms with van der Waals surface area (Å²) in [5, 5.41) is 5.42. The fraction of sp³-hybridized carbons (Fsp3) is 0.0922. The van der Waals surface area contributed by atoms with Gasteiger partial charge in [-0.1, -0.05) is 419 Å². The summed E-state index contributed by atoms with van der Waals surface area (Å²) in [5.74, 6) is 0. The summed E-state index contributed by atoms with van der Waals surface area (Å²) in [5.41, 5.74) is 76.4. The lowest BCUT2D eigenvalue weighted by Gasteiger charge is -2.10. The normalized spacial score (nSPS) is 13.4. The van der Waals surface area contributed by atoms with Crippen LogP contribution < -0.4 is 0 Å². The lowest BCUT2D eigenvalue weighted by molar-refractivity contribution is 1.16. The van der Waals surface area contributed by atoms with Gasteiger partial charge in [0.1, 0.15) is 0 Å². The van der Waals surface area contributed by atoms with Gasteiger partial charge in [0.15, 0.2) is 0 Å². The molecule has 0 aliphatic heterocycles. The molecule has 0 spiro atoms. The van der Waals surface area contributed by atoms with Crippen LogP contribution in [0.5, 0.6) is 0 Å². The molecule has 0 bridgehead atoms. The van der Waals surface area contributed by atoms with Crippen LogP contribution in [0.25, 0.3) is 166 Å². The van der Waals surface area contributed by atoms with Gasteiger partial charge in [0, 0.05) is 0 Å². The Morgan fingerprint density at radius 1 is 0.0922 bits per heavy atom. The third-order valence-electron chi connectivity index (χ3n) is 33.1. The Balaban J connectivity index is 0.0000000788. The van der Waals surface area contributed by atoms with Crippen LogP contribution in [0.3, 0.4) is 0 Å². The van der Waals surface area contributed by atoms with E-state index in [0.29, 0.717) is 0 Å². The minimum Gasteiger partial charge on any atom is -0.0619 e. The fourth-order valence-electron chi connectivity index (χ4n) is 26.7. The molecular weight excluding hydrogens is 1690 g/mol. The van der Waals surface area contributed by atoms with Crippen molar-refractivity contribution in [2.75, 3.05) is 0 Å². The van der Waals surface area contributed by atoms with E-state index in [1.165, 1.54) is 300 Å². The predicted molar refractivity (Wildman–Crippen MR) is 587 cm³/mol. The van der Waals surface area contributed by atoms with Crippen LogP contribution in [-0.4, -0.2) is 0 Å². The van der Waals surface area contributed by atoms with Gasteiger partial charge in [-0.25, -0.2) is 0 Å². The molecule has 0 amide bonds. The molecule has 0 unspecified atom stereocenters. The molecule has 13 aliphatic carbocycles. The first kappa shape index (κ1) is 81.5. The highest BCUT2D eigenvalue weighted by Gasteiger charge is 2.36. The lowest BCUT2D eigenvalue weighted by atomic mass is 9.94. The van der Waals surface area contributed by atoms with E-state index in [-0.39, 0.29) is 0 Å². The summed E-state index contributed by atoms with van der Waals surface area (Å²) in [6.07, 6.45) is 14.1. The number of rotatable bonds is 0. The molecule has 22 aromatic rings. The van der Waals surface area contributed by atoms with Gasteiger partial charge < -0.3 is 0 Å². The molecule has 13 aliphatic rings. The Morgan fingerprint density at radius 3 is 0.610 bits per heavy atom. The summed E-state index contributed by atoms with van der Waals surface area (Å²) in [7, 11) is 0. The largest absolute Gasteiger partial charge is 0.0619 e. The van der Waals surface area contributed by atoms with Crippen LogP contribution in [0.1, 0.15) is 145 Å². The first-order valence-corrected chi connectivity index (χ1v) is 50.8. The molecule has 0 N–H and O–H groups in total. The van der Waals surface area contributed by atoms with Gasteiger partial charge in [0.25, 0.3) is 0 Å². The maximum Gasteiger partial charge on any atom is -0.000718 e. The van der Waals surface area contributed by atoms with Crippen molar-refractivity contribution in [3.8, 4) is 145 Å². The zero-order valence-electron chi connectivity index (χ0n) is 78.8. The zero-order valence-corrected chi connectivity index (χ0v) is 78.8. The van der Waals surface area contributed by atoms with Gasteiger partial charge in [0.2, 0.25) is 0 Å². The molecule has 0 heterocycles. The smallest absolute Gasteiger partial charge is 0.000718 e. The Hall–Kier alpha value is -16.6. The quantitative estimate of drug-likeness (QED) is 0.142. The predicted octanol–water partition coefficient (Wildman–Crippen LogP) is 34.5. The topological polar surface area (TPSA) is 0 Å². The minimum absolute atomic E-state index is 1.06. The first-order chi connectivity index (χ1) is 69.9.